The lowest BCUT2D eigenvalue weighted by molar-refractivity contribution is -0.148. The normalized spacial score (nSPS) is 14.1. The van der Waals surface area contributed by atoms with Crippen LogP contribution in [0.5, 0.6) is 0 Å². The third kappa shape index (κ3) is 13.2. The minimum absolute atomic E-state index is 0.113. The molecule has 2 atom stereocenters. The van der Waals surface area contributed by atoms with Crippen LogP contribution in [0.15, 0.2) is 30.3 Å². The van der Waals surface area contributed by atoms with Crippen molar-refractivity contribution in [2.24, 2.45) is 5.92 Å². The van der Waals surface area contributed by atoms with E-state index < -0.39 is 25.8 Å². The molecule has 0 bridgehead atoms. The average Bonchev–Trinajstić information content (AvgIpc) is 2.60. The van der Waals surface area contributed by atoms with E-state index in [0.29, 0.717) is 18.9 Å². The number of rotatable bonds is 11. The average molecular weight is 451 g/mol. The minimum atomic E-state index is -1.46. The highest BCUT2D eigenvalue weighted by Gasteiger charge is 2.27. The van der Waals surface area contributed by atoms with Gasteiger partial charge in [0.05, 0.1) is 0 Å². The maximum absolute atomic E-state index is 12.8. The van der Waals surface area contributed by atoms with E-state index in [1.165, 1.54) is 0 Å². The molecule has 1 amide bonds. The first kappa shape index (κ1) is 27.2. The number of carbonyl (C=O) groups is 2. The summed E-state index contributed by atoms with van der Waals surface area (Å²) in [7, 11) is -1.46. The molecular formula is C24H42N2O4Si. The van der Waals surface area contributed by atoms with Gasteiger partial charge in [0.2, 0.25) is 0 Å². The maximum Gasteiger partial charge on any atom is 0.407 e. The molecule has 0 saturated carbocycles. The molecule has 0 heterocycles. The number of benzene rings is 1. The van der Waals surface area contributed by atoms with Crippen molar-refractivity contribution in [2.75, 3.05) is 6.54 Å². The summed E-state index contributed by atoms with van der Waals surface area (Å²) in [5.74, 6) is 0.0672. The van der Waals surface area contributed by atoms with E-state index in [4.69, 9.17) is 9.47 Å². The molecule has 0 unspecified atom stereocenters. The van der Waals surface area contributed by atoms with Gasteiger partial charge in [0.25, 0.3) is 0 Å². The number of hydrogen-bond donors (Lipinski definition) is 2. The van der Waals surface area contributed by atoms with E-state index >= 15 is 0 Å². The summed E-state index contributed by atoms with van der Waals surface area (Å²) in [6.45, 7) is 17.2. The second-order valence-corrected chi connectivity index (χ2v) is 16.3. The van der Waals surface area contributed by atoms with Crippen LogP contribution in [-0.4, -0.2) is 44.4 Å². The molecule has 0 fully saturated rings. The van der Waals surface area contributed by atoms with Gasteiger partial charge < -0.3 is 20.1 Å². The number of carbonyl (C=O) groups excluding carboxylic acids is 2. The SMILES string of the molecule is CC(C)C[C@H](NC[C@H](C[Si](C)(C)C)NC(=O)OC(C)(C)C)C(=O)OCc1ccccc1. The Morgan fingerprint density at radius 1 is 1.06 bits per heavy atom. The summed E-state index contributed by atoms with van der Waals surface area (Å²) in [5, 5.41) is 6.35. The minimum Gasteiger partial charge on any atom is -0.460 e. The smallest absolute Gasteiger partial charge is 0.407 e. The number of esters is 1. The fourth-order valence-corrected chi connectivity index (χ4v) is 4.96. The molecule has 0 radical (unpaired) electrons. The van der Waals surface area contributed by atoms with E-state index in [9.17, 15) is 9.59 Å². The van der Waals surface area contributed by atoms with Gasteiger partial charge in [-0.3, -0.25) is 4.79 Å². The van der Waals surface area contributed by atoms with Crippen LogP contribution < -0.4 is 10.6 Å². The Bertz CT molecular complexity index is 681. The van der Waals surface area contributed by atoms with Crippen LogP contribution in [0.4, 0.5) is 4.79 Å². The van der Waals surface area contributed by atoms with Crippen molar-refractivity contribution in [1.82, 2.24) is 10.6 Å². The van der Waals surface area contributed by atoms with Gasteiger partial charge in [0.15, 0.2) is 0 Å². The molecule has 0 aliphatic rings. The molecule has 1 rings (SSSR count). The van der Waals surface area contributed by atoms with Crippen LogP contribution in [0.1, 0.15) is 46.6 Å². The highest BCUT2D eigenvalue weighted by Crippen LogP contribution is 2.14. The van der Waals surface area contributed by atoms with Crippen molar-refractivity contribution in [3.63, 3.8) is 0 Å². The van der Waals surface area contributed by atoms with Crippen LogP contribution in [0.3, 0.4) is 0 Å². The lowest BCUT2D eigenvalue weighted by Gasteiger charge is -2.29. The first-order valence-electron chi connectivity index (χ1n) is 11.2. The molecule has 0 aromatic heterocycles. The van der Waals surface area contributed by atoms with E-state index in [2.05, 4.69) is 44.1 Å². The summed E-state index contributed by atoms with van der Waals surface area (Å²) in [4.78, 5) is 25.1. The Kier molecular flexibility index (Phi) is 10.7. The fraction of sp³-hybridized carbons (Fsp3) is 0.667. The zero-order chi connectivity index (χ0) is 23.7. The summed E-state index contributed by atoms with van der Waals surface area (Å²) in [6.07, 6.45) is 0.240. The highest BCUT2D eigenvalue weighted by molar-refractivity contribution is 6.76. The van der Waals surface area contributed by atoms with Gasteiger partial charge in [-0.2, -0.15) is 0 Å². The quantitative estimate of drug-likeness (QED) is 0.368. The lowest BCUT2D eigenvalue weighted by atomic mass is 10.0. The Hall–Kier alpha value is -1.86. The van der Waals surface area contributed by atoms with Crippen LogP contribution in [0.2, 0.25) is 25.7 Å². The van der Waals surface area contributed by atoms with Crippen molar-refractivity contribution in [1.29, 1.82) is 0 Å². The molecule has 1 aromatic carbocycles. The first-order chi connectivity index (χ1) is 14.2. The van der Waals surface area contributed by atoms with Crippen LogP contribution in [0, 0.1) is 5.92 Å². The third-order valence-corrected chi connectivity index (χ3v) is 6.12. The zero-order valence-corrected chi connectivity index (χ0v) is 21.6. The highest BCUT2D eigenvalue weighted by atomic mass is 28.3. The Labute approximate surface area is 189 Å². The van der Waals surface area contributed by atoms with Crippen molar-refractivity contribution in [2.45, 2.75) is 91.0 Å². The summed E-state index contributed by atoms with van der Waals surface area (Å²) in [5.41, 5.74) is 0.408. The molecule has 0 aliphatic heterocycles. The summed E-state index contributed by atoms with van der Waals surface area (Å²) in [6, 6.07) is 10.0. The van der Waals surface area contributed by atoms with Crippen LogP contribution >= 0.6 is 0 Å². The number of alkyl carbamates (subject to hydrolysis) is 1. The molecule has 2 N–H and O–H groups in total. The van der Waals surface area contributed by atoms with E-state index in [1.54, 1.807) is 0 Å². The molecule has 7 heteroatoms. The summed E-state index contributed by atoms with van der Waals surface area (Å²) >= 11 is 0. The molecule has 31 heavy (non-hydrogen) atoms. The van der Waals surface area contributed by atoms with Gasteiger partial charge in [0.1, 0.15) is 18.2 Å². The Morgan fingerprint density at radius 3 is 2.19 bits per heavy atom. The third-order valence-electron chi connectivity index (χ3n) is 4.41. The number of ether oxygens (including phenoxy) is 2. The topological polar surface area (TPSA) is 76.7 Å². The van der Waals surface area contributed by atoms with Crippen molar-refractivity contribution >= 4 is 20.1 Å². The van der Waals surface area contributed by atoms with Gasteiger partial charge in [-0.05, 0) is 44.7 Å². The predicted molar refractivity (Wildman–Crippen MR) is 129 cm³/mol. The van der Waals surface area contributed by atoms with E-state index in [0.717, 1.165) is 11.6 Å². The standard InChI is InChI=1S/C24H42N2O4Si/c1-18(2)14-21(22(27)29-16-19-12-10-9-11-13-19)25-15-20(17-31(6,7)8)26-23(28)30-24(3,4)5/h9-13,18,20-21,25H,14-17H2,1-8H3,(H,26,28)/t20-,21+/m1/s1. The fourth-order valence-electron chi connectivity index (χ4n) is 3.24. The van der Waals surface area contributed by atoms with E-state index in [-0.39, 0.29) is 18.6 Å². The summed E-state index contributed by atoms with van der Waals surface area (Å²) < 4.78 is 11.0. The predicted octanol–water partition coefficient (Wildman–Crippen LogP) is 4.97. The second-order valence-electron chi connectivity index (χ2n) is 10.8. The second kappa shape index (κ2) is 12.2. The van der Waals surface area contributed by atoms with Gasteiger partial charge in [-0.15, -0.1) is 0 Å². The van der Waals surface area contributed by atoms with Crippen LogP contribution in [0.25, 0.3) is 0 Å². The number of hydrogen-bond acceptors (Lipinski definition) is 5. The maximum atomic E-state index is 12.8. The largest absolute Gasteiger partial charge is 0.460 e. The molecule has 6 nitrogen and oxygen atoms in total. The molecule has 176 valence electrons. The van der Waals surface area contributed by atoms with Gasteiger partial charge in [-0.25, -0.2) is 4.79 Å². The van der Waals surface area contributed by atoms with Gasteiger partial charge >= 0.3 is 12.1 Å². The Morgan fingerprint density at radius 2 is 1.68 bits per heavy atom. The van der Waals surface area contributed by atoms with E-state index in [1.807, 2.05) is 51.1 Å². The molecule has 1 aromatic rings. The van der Waals surface area contributed by atoms with Crippen molar-refractivity contribution < 1.29 is 19.1 Å². The number of amides is 1. The first-order valence-corrected chi connectivity index (χ1v) is 14.9. The molecule has 0 aliphatic carbocycles. The Balaban J connectivity index is 2.76. The molecular weight excluding hydrogens is 408 g/mol. The molecule has 0 spiro atoms. The van der Waals surface area contributed by atoms with Crippen molar-refractivity contribution in [3.05, 3.63) is 35.9 Å². The zero-order valence-electron chi connectivity index (χ0n) is 20.6. The molecule has 0 saturated heterocycles. The number of nitrogens with one attached hydrogen (secondary N) is 2. The van der Waals surface area contributed by atoms with Gasteiger partial charge in [-0.1, -0.05) is 63.8 Å². The monoisotopic (exact) mass is 450 g/mol. The van der Waals surface area contributed by atoms with Crippen molar-refractivity contribution in [3.8, 4) is 0 Å². The van der Waals surface area contributed by atoms with Crippen LogP contribution in [-0.2, 0) is 20.9 Å². The van der Waals surface area contributed by atoms with Gasteiger partial charge in [0, 0.05) is 20.7 Å². The lowest BCUT2D eigenvalue weighted by Crippen LogP contribution is -2.50.